The van der Waals surface area contributed by atoms with Crippen LogP contribution in [0.5, 0.6) is 17.2 Å². The smallest absolute Gasteiger partial charge is 0.344 e. The van der Waals surface area contributed by atoms with Crippen molar-refractivity contribution in [3.8, 4) is 17.2 Å². The van der Waals surface area contributed by atoms with Crippen LogP contribution in [0.25, 0.3) is 0 Å². The minimum absolute atomic E-state index is 0. The third-order valence-corrected chi connectivity index (χ3v) is 5.91. The summed E-state index contributed by atoms with van der Waals surface area (Å²) in [5.41, 5.74) is 1.09. The number of esters is 1. The molecular weight excluding hydrogens is 548 g/mol. The summed E-state index contributed by atoms with van der Waals surface area (Å²) in [5.74, 6) is 1.09. The van der Waals surface area contributed by atoms with E-state index in [9.17, 15) is 9.59 Å². The Hall–Kier alpha value is -3.46. The molecule has 0 bridgehead atoms. The van der Waals surface area contributed by atoms with Crippen molar-refractivity contribution in [2.24, 2.45) is 0 Å². The van der Waals surface area contributed by atoms with Crippen LogP contribution in [-0.4, -0.2) is 67.8 Å². The lowest BCUT2D eigenvalue weighted by Gasteiger charge is -2.31. The molecule has 0 aromatic heterocycles. The van der Waals surface area contributed by atoms with Gasteiger partial charge in [0.05, 0.1) is 32.0 Å². The molecule has 0 fully saturated rings. The molecule has 2 rings (SSSR count). The van der Waals surface area contributed by atoms with Crippen molar-refractivity contribution < 1.29 is 33.3 Å². The molecule has 0 aliphatic heterocycles. The number of carbonyl (C=O) groups is 2. The van der Waals surface area contributed by atoms with Crippen LogP contribution in [0.4, 0.5) is 0 Å². The second-order valence-electron chi connectivity index (χ2n) is 9.70. The summed E-state index contributed by atoms with van der Waals surface area (Å²) in [6.07, 6.45) is 2.59. The Labute approximate surface area is 250 Å². The number of halogens is 1. The average molecular weight is 593 g/mol. The Bertz CT molecular complexity index is 1080. The highest BCUT2D eigenvalue weighted by Crippen LogP contribution is 2.28. The molecule has 0 atom stereocenters. The molecule has 2 aromatic carbocycles. The third-order valence-electron chi connectivity index (χ3n) is 5.91. The lowest BCUT2D eigenvalue weighted by atomic mass is 10.1. The third kappa shape index (κ3) is 11.9. The predicted octanol–water partition coefficient (Wildman–Crippen LogP) is 6.30. The first kappa shape index (κ1) is 35.6. The highest BCUT2D eigenvalue weighted by atomic mass is 35.5. The number of benzene rings is 2. The largest absolute Gasteiger partial charge is 0.494 e. The molecule has 2 aromatic rings. The predicted molar refractivity (Wildman–Crippen MR) is 162 cm³/mol. The van der Waals surface area contributed by atoms with Gasteiger partial charge in [0.25, 0.3) is 5.91 Å². The topological polar surface area (TPSA) is 107 Å². The van der Waals surface area contributed by atoms with E-state index in [4.69, 9.17) is 29.1 Å². The normalized spacial score (nSPS) is 10.5. The van der Waals surface area contributed by atoms with E-state index >= 15 is 0 Å². The zero-order valence-corrected chi connectivity index (χ0v) is 25.9. The van der Waals surface area contributed by atoms with Crippen molar-refractivity contribution in [3.05, 3.63) is 53.6 Å². The van der Waals surface area contributed by atoms with Crippen molar-refractivity contribution >= 4 is 30.2 Å². The molecule has 41 heavy (non-hydrogen) atoms. The Balaban J connectivity index is 0.00000840. The van der Waals surface area contributed by atoms with E-state index in [1.165, 1.54) is 0 Å². The fourth-order valence-electron chi connectivity index (χ4n) is 4.12. The van der Waals surface area contributed by atoms with Crippen molar-refractivity contribution in [3.63, 3.8) is 0 Å². The minimum atomic E-state index is -0.500. The molecular formula is C31H45ClN2O7. The molecule has 0 radical (unpaired) electrons. The summed E-state index contributed by atoms with van der Waals surface area (Å²) in [6.45, 7) is 12.9. The van der Waals surface area contributed by atoms with Crippen LogP contribution >= 0.6 is 12.4 Å². The Morgan fingerprint density at radius 1 is 0.780 bits per heavy atom. The molecule has 0 aliphatic rings. The second kappa shape index (κ2) is 18.8. The van der Waals surface area contributed by atoms with Gasteiger partial charge in [-0.1, -0.05) is 0 Å². The zero-order chi connectivity index (χ0) is 29.5. The first-order chi connectivity index (χ1) is 19.2. The zero-order valence-electron chi connectivity index (χ0n) is 25.1. The molecule has 0 spiro atoms. The lowest BCUT2D eigenvalue weighted by molar-refractivity contribution is -0.145. The van der Waals surface area contributed by atoms with Gasteiger partial charge in [-0.15, -0.1) is 12.4 Å². The minimum Gasteiger partial charge on any atom is -0.494 e. The Morgan fingerprint density at radius 2 is 1.34 bits per heavy atom. The fraction of sp³-hybridized carbons (Fsp3) is 0.516. The van der Waals surface area contributed by atoms with Crippen molar-refractivity contribution in [1.29, 1.82) is 5.41 Å². The molecule has 228 valence electrons. The maximum absolute atomic E-state index is 13.3. The van der Waals surface area contributed by atoms with Gasteiger partial charge in [-0.05, 0) is 97.2 Å². The standard InChI is InChI=1S/C31H44N2O7.ClH/c1-7-36-29(34)21-40-28-20-26(16-17-27(28)31(35)33(22(3)4)23(5)6)39-19-11-9-10-18-38-25-14-12-24(13-15-25)30(32)37-8-2;/h12-17,20,22-23,32H,7-11,18-19,21H2,1-6H3;1H. The van der Waals surface area contributed by atoms with E-state index in [1.807, 2.05) is 58.9 Å². The van der Waals surface area contributed by atoms with Crippen LogP contribution in [0.15, 0.2) is 42.5 Å². The van der Waals surface area contributed by atoms with Crippen LogP contribution < -0.4 is 14.2 Å². The van der Waals surface area contributed by atoms with Gasteiger partial charge in [0.15, 0.2) is 6.61 Å². The number of hydrogen-bond acceptors (Lipinski definition) is 8. The van der Waals surface area contributed by atoms with Crippen LogP contribution in [0.3, 0.4) is 0 Å². The number of carbonyl (C=O) groups excluding carboxylic acids is 2. The molecule has 10 heteroatoms. The molecule has 0 aliphatic carbocycles. The number of hydrogen-bond donors (Lipinski definition) is 1. The first-order valence-electron chi connectivity index (χ1n) is 14.0. The fourth-order valence-corrected chi connectivity index (χ4v) is 4.12. The van der Waals surface area contributed by atoms with Gasteiger partial charge in [0.2, 0.25) is 5.90 Å². The van der Waals surface area contributed by atoms with Gasteiger partial charge >= 0.3 is 5.97 Å². The van der Waals surface area contributed by atoms with Gasteiger partial charge in [-0.2, -0.15) is 0 Å². The summed E-state index contributed by atoms with van der Waals surface area (Å²) in [7, 11) is 0. The summed E-state index contributed by atoms with van der Waals surface area (Å²) in [4.78, 5) is 27.0. The van der Waals surface area contributed by atoms with Crippen LogP contribution in [-0.2, 0) is 14.3 Å². The van der Waals surface area contributed by atoms with Gasteiger partial charge < -0.3 is 28.6 Å². The van der Waals surface area contributed by atoms with Crippen molar-refractivity contribution in [2.75, 3.05) is 33.0 Å². The molecule has 0 saturated heterocycles. The van der Waals surface area contributed by atoms with E-state index in [-0.39, 0.29) is 55.3 Å². The van der Waals surface area contributed by atoms with E-state index < -0.39 is 5.97 Å². The number of rotatable bonds is 17. The second-order valence-corrected chi connectivity index (χ2v) is 9.70. The molecule has 1 amide bonds. The van der Waals surface area contributed by atoms with E-state index in [0.717, 1.165) is 30.6 Å². The van der Waals surface area contributed by atoms with Crippen LogP contribution in [0.2, 0.25) is 0 Å². The van der Waals surface area contributed by atoms with Gasteiger partial charge in [-0.25, -0.2) is 4.79 Å². The van der Waals surface area contributed by atoms with Gasteiger partial charge in [-0.3, -0.25) is 10.2 Å². The summed E-state index contributed by atoms with van der Waals surface area (Å²) < 4.78 is 27.6. The van der Waals surface area contributed by atoms with Gasteiger partial charge in [0, 0.05) is 23.7 Å². The van der Waals surface area contributed by atoms with E-state index in [1.54, 1.807) is 30.0 Å². The van der Waals surface area contributed by atoms with E-state index in [0.29, 0.717) is 31.1 Å². The first-order valence-corrected chi connectivity index (χ1v) is 14.0. The quantitative estimate of drug-likeness (QED) is 0.0994. The molecule has 1 N–H and O–H groups in total. The number of ether oxygens (including phenoxy) is 5. The Kier molecular flexibility index (Phi) is 16.3. The van der Waals surface area contributed by atoms with E-state index in [2.05, 4.69) is 0 Å². The monoisotopic (exact) mass is 592 g/mol. The van der Waals surface area contributed by atoms with Crippen molar-refractivity contribution in [1.82, 2.24) is 4.90 Å². The lowest BCUT2D eigenvalue weighted by Crippen LogP contribution is -2.42. The van der Waals surface area contributed by atoms with Crippen LogP contribution in [0.1, 0.15) is 76.7 Å². The number of unbranched alkanes of at least 4 members (excludes halogenated alkanes) is 2. The molecule has 0 saturated carbocycles. The number of nitrogens with zero attached hydrogens (tertiary/aromatic N) is 1. The molecule has 0 heterocycles. The maximum atomic E-state index is 13.3. The number of nitrogens with one attached hydrogen (secondary N) is 1. The highest BCUT2D eigenvalue weighted by Gasteiger charge is 2.25. The Morgan fingerprint density at radius 3 is 1.90 bits per heavy atom. The summed E-state index contributed by atoms with van der Waals surface area (Å²) in [5, 5.41) is 7.82. The van der Waals surface area contributed by atoms with Gasteiger partial charge in [0.1, 0.15) is 17.2 Å². The molecule has 0 unspecified atom stereocenters. The van der Waals surface area contributed by atoms with Crippen LogP contribution in [0, 0.1) is 5.41 Å². The summed E-state index contributed by atoms with van der Waals surface area (Å²) in [6, 6.07) is 12.4. The maximum Gasteiger partial charge on any atom is 0.344 e. The van der Waals surface area contributed by atoms with Crippen molar-refractivity contribution in [2.45, 2.75) is 72.9 Å². The SMILES string of the molecule is CCOC(=N)c1ccc(OCCCCCOc2ccc(C(=O)N(C(C)C)C(C)C)c(OCC(=O)OCC)c2)cc1.Cl. The molecule has 9 nitrogen and oxygen atoms in total. The average Bonchev–Trinajstić information content (AvgIpc) is 2.91. The number of amides is 1. The summed E-state index contributed by atoms with van der Waals surface area (Å²) >= 11 is 0. The highest BCUT2D eigenvalue weighted by molar-refractivity contribution is 5.97.